The second-order valence-electron chi connectivity index (χ2n) is 6.79. The molecule has 1 saturated heterocycles. The van der Waals surface area contributed by atoms with Gasteiger partial charge in [-0.05, 0) is 32.4 Å². The van der Waals surface area contributed by atoms with Crippen LogP contribution in [0.1, 0.15) is 49.9 Å². The van der Waals surface area contributed by atoms with E-state index in [1.807, 2.05) is 19.1 Å². The highest BCUT2D eigenvalue weighted by Crippen LogP contribution is 2.39. The Hall–Kier alpha value is -2.37. The van der Waals surface area contributed by atoms with Crippen molar-refractivity contribution >= 4 is 17.6 Å². The first-order chi connectivity index (χ1) is 12.0. The number of Topliss-reactive ketones (excluding diaryl/α,β-unsaturated/α-hetero) is 1. The van der Waals surface area contributed by atoms with Crippen molar-refractivity contribution in [2.75, 3.05) is 13.1 Å². The number of likely N-dealkylation sites (tertiary alicyclic amines) is 1. The van der Waals surface area contributed by atoms with Crippen molar-refractivity contribution in [1.82, 2.24) is 10.2 Å². The van der Waals surface area contributed by atoms with Crippen molar-refractivity contribution in [3.05, 3.63) is 29.8 Å². The highest BCUT2D eigenvalue weighted by molar-refractivity contribution is 6.00. The fraction of sp³-hybridized carbons (Fsp3) is 0.526. The summed E-state index contributed by atoms with van der Waals surface area (Å²) < 4.78 is 6.19. The van der Waals surface area contributed by atoms with Crippen LogP contribution in [0.3, 0.4) is 0 Å². The molecule has 2 aliphatic rings. The van der Waals surface area contributed by atoms with E-state index in [1.165, 1.54) is 0 Å². The van der Waals surface area contributed by atoms with Crippen LogP contribution in [-0.4, -0.2) is 47.2 Å². The van der Waals surface area contributed by atoms with E-state index < -0.39 is 11.6 Å². The summed E-state index contributed by atoms with van der Waals surface area (Å²) in [5, 5.41) is 2.76. The van der Waals surface area contributed by atoms with Gasteiger partial charge in [0.25, 0.3) is 0 Å². The number of nitrogens with one attached hydrogen (secondary N) is 1. The molecular formula is C19H24N2O4. The largest absolute Gasteiger partial charge is 0.486 e. The monoisotopic (exact) mass is 344 g/mol. The molecule has 2 atom stereocenters. The van der Waals surface area contributed by atoms with Crippen molar-refractivity contribution in [2.45, 2.75) is 51.2 Å². The zero-order valence-corrected chi connectivity index (χ0v) is 14.7. The van der Waals surface area contributed by atoms with Gasteiger partial charge in [-0.25, -0.2) is 0 Å². The maximum absolute atomic E-state index is 12.5. The van der Waals surface area contributed by atoms with Gasteiger partial charge >= 0.3 is 0 Å². The van der Waals surface area contributed by atoms with Gasteiger partial charge in [-0.15, -0.1) is 0 Å². The highest BCUT2D eigenvalue weighted by Gasteiger charge is 2.44. The van der Waals surface area contributed by atoms with Crippen molar-refractivity contribution < 1.29 is 19.1 Å². The van der Waals surface area contributed by atoms with Gasteiger partial charge < -0.3 is 15.0 Å². The summed E-state index contributed by atoms with van der Waals surface area (Å²) in [5.41, 5.74) is -0.0483. The number of ketones is 1. The fourth-order valence-electron chi connectivity index (χ4n) is 3.65. The van der Waals surface area contributed by atoms with E-state index in [0.29, 0.717) is 37.2 Å². The van der Waals surface area contributed by atoms with E-state index >= 15 is 0 Å². The van der Waals surface area contributed by atoms with E-state index in [4.69, 9.17) is 4.74 Å². The van der Waals surface area contributed by atoms with E-state index in [1.54, 1.807) is 24.0 Å². The predicted molar refractivity (Wildman–Crippen MR) is 92.5 cm³/mol. The van der Waals surface area contributed by atoms with Crippen LogP contribution in [0.4, 0.5) is 0 Å². The Morgan fingerprint density at radius 2 is 2.08 bits per heavy atom. The quantitative estimate of drug-likeness (QED) is 0.909. The Bertz CT molecular complexity index is 702. The maximum Gasteiger partial charge on any atom is 0.242 e. The van der Waals surface area contributed by atoms with Gasteiger partial charge in [-0.3, -0.25) is 14.4 Å². The number of rotatable bonds is 3. The lowest BCUT2D eigenvalue weighted by Crippen LogP contribution is -2.48. The molecule has 2 heterocycles. The van der Waals surface area contributed by atoms with E-state index in [-0.39, 0.29) is 30.4 Å². The number of hydrogen-bond acceptors (Lipinski definition) is 4. The Labute approximate surface area is 147 Å². The molecule has 0 radical (unpaired) electrons. The van der Waals surface area contributed by atoms with Crippen LogP contribution >= 0.6 is 0 Å². The number of carbonyl (C=O) groups is 3. The van der Waals surface area contributed by atoms with E-state index in [2.05, 4.69) is 5.32 Å². The number of nitrogens with zero attached hydrogens (tertiary/aromatic N) is 1. The molecule has 1 aromatic rings. The molecular weight excluding hydrogens is 320 g/mol. The number of carbonyl (C=O) groups excluding carboxylic acids is 3. The summed E-state index contributed by atoms with van der Waals surface area (Å²) in [6, 6.07) is 6.72. The van der Waals surface area contributed by atoms with Crippen LogP contribution < -0.4 is 10.1 Å². The number of ether oxygens (including phenoxy) is 1. The van der Waals surface area contributed by atoms with E-state index in [9.17, 15) is 14.4 Å². The van der Waals surface area contributed by atoms with Crippen molar-refractivity contribution in [2.24, 2.45) is 0 Å². The number of amides is 2. The average Bonchev–Trinajstić information content (AvgIpc) is 2.74. The first-order valence-electron chi connectivity index (χ1n) is 8.84. The van der Waals surface area contributed by atoms with Crippen molar-refractivity contribution in [3.63, 3.8) is 0 Å². The molecule has 3 rings (SSSR count). The highest BCUT2D eigenvalue weighted by atomic mass is 16.5. The molecule has 0 aliphatic carbocycles. The molecule has 0 bridgehead atoms. The third-order valence-corrected chi connectivity index (χ3v) is 5.12. The molecule has 1 N–H and O–H groups in total. The topological polar surface area (TPSA) is 75.7 Å². The molecule has 2 amide bonds. The summed E-state index contributed by atoms with van der Waals surface area (Å²) in [6.45, 7) is 4.53. The van der Waals surface area contributed by atoms with Gasteiger partial charge in [0.05, 0.1) is 12.0 Å². The van der Waals surface area contributed by atoms with Gasteiger partial charge in [0, 0.05) is 25.9 Å². The molecule has 0 saturated carbocycles. The van der Waals surface area contributed by atoms with Gasteiger partial charge in [-0.1, -0.05) is 12.1 Å². The normalized spacial score (nSPS) is 24.3. The minimum atomic E-state index is -0.656. The smallest absolute Gasteiger partial charge is 0.242 e. The predicted octanol–water partition coefficient (Wildman–Crippen LogP) is 1.93. The van der Waals surface area contributed by atoms with Gasteiger partial charge in [-0.2, -0.15) is 0 Å². The van der Waals surface area contributed by atoms with Crippen LogP contribution in [0.5, 0.6) is 5.75 Å². The van der Waals surface area contributed by atoms with Crippen LogP contribution in [0.2, 0.25) is 0 Å². The molecule has 1 fully saturated rings. The standard InChI is InChI=1S/C19H24N2O4/c1-3-20-18(24)13(2)21-11-10-19(9-8-17(21)23)12-15(22)14-6-4-5-7-16(14)25-19/h4-7,13H,3,8-12H2,1-2H3,(H,20,24)/t13-,19-/m1/s1. The Balaban J connectivity index is 1.78. The second kappa shape index (κ2) is 6.86. The number of fused-ring (bicyclic) bond motifs is 1. The Morgan fingerprint density at radius 1 is 1.32 bits per heavy atom. The minimum absolute atomic E-state index is 0.0551. The molecule has 134 valence electrons. The maximum atomic E-state index is 12.5. The van der Waals surface area contributed by atoms with Gasteiger partial charge in [0.15, 0.2) is 5.78 Å². The number of hydrogen-bond donors (Lipinski definition) is 1. The average molecular weight is 344 g/mol. The first kappa shape index (κ1) is 17.5. The lowest BCUT2D eigenvalue weighted by atomic mass is 9.84. The summed E-state index contributed by atoms with van der Waals surface area (Å²) in [4.78, 5) is 38.7. The lowest BCUT2D eigenvalue weighted by molar-refractivity contribution is -0.139. The molecule has 0 unspecified atom stereocenters. The summed E-state index contributed by atoms with van der Waals surface area (Å²) in [6.07, 6.45) is 1.59. The Morgan fingerprint density at radius 3 is 2.84 bits per heavy atom. The lowest BCUT2D eigenvalue weighted by Gasteiger charge is -2.37. The third kappa shape index (κ3) is 3.38. The SMILES string of the molecule is CCNC(=O)[C@@H](C)N1CC[C@]2(CCC1=O)CC(=O)c1ccccc1O2. The van der Waals surface area contributed by atoms with Crippen LogP contribution in [0.15, 0.2) is 24.3 Å². The van der Waals surface area contributed by atoms with Gasteiger partial charge in [0.1, 0.15) is 17.4 Å². The molecule has 25 heavy (non-hydrogen) atoms. The summed E-state index contributed by atoms with van der Waals surface area (Å²) in [7, 11) is 0. The molecule has 6 nitrogen and oxygen atoms in total. The molecule has 1 spiro atoms. The summed E-state index contributed by atoms with van der Waals surface area (Å²) in [5.74, 6) is 0.430. The summed E-state index contributed by atoms with van der Waals surface area (Å²) >= 11 is 0. The van der Waals surface area contributed by atoms with Crippen LogP contribution in [-0.2, 0) is 9.59 Å². The first-order valence-corrected chi connectivity index (χ1v) is 8.84. The molecule has 0 aromatic heterocycles. The Kier molecular flexibility index (Phi) is 4.79. The van der Waals surface area contributed by atoms with Gasteiger partial charge in [0.2, 0.25) is 11.8 Å². The van der Waals surface area contributed by atoms with Crippen molar-refractivity contribution in [3.8, 4) is 5.75 Å². The van der Waals surface area contributed by atoms with Crippen LogP contribution in [0, 0.1) is 0 Å². The van der Waals surface area contributed by atoms with Crippen LogP contribution in [0.25, 0.3) is 0 Å². The number of benzene rings is 1. The molecule has 2 aliphatic heterocycles. The number of para-hydroxylation sites is 1. The zero-order valence-electron chi connectivity index (χ0n) is 14.7. The molecule has 6 heteroatoms. The minimum Gasteiger partial charge on any atom is -0.486 e. The number of likely N-dealkylation sites (N-methyl/N-ethyl adjacent to an activating group) is 1. The zero-order chi connectivity index (χ0) is 18.0. The molecule has 1 aromatic carbocycles. The van der Waals surface area contributed by atoms with Crippen molar-refractivity contribution in [1.29, 1.82) is 0 Å². The van der Waals surface area contributed by atoms with E-state index in [0.717, 1.165) is 0 Å². The second-order valence-corrected chi connectivity index (χ2v) is 6.79. The third-order valence-electron chi connectivity index (χ3n) is 5.12. The fourth-order valence-corrected chi connectivity index (χ4v) is 3.65.